The Kier molecular flexibility index (Phi) is 7.12. The summed E-state index contributed by atoms with van der Waals surface area (Å²) in [4.78, 5) is 2.24. The molecule has 124 valence electrons. The van der Waals surface area contributed by atoms with Crippen molar-refractivity contribution in [3.63, 3.8) is 0 Å². The Bertz CT molecular complexity index is 447. The van der Waals surface area contributed by atoms with Gasteiger partial charge in [-0.05, 0) is 50.4 Å². The quantitative estimate of drug-likeness (QED) is 0.807. The van der Waals surface area contributed by atoms with E-state index in [1.807, 2.05) is 31.2 Å². The first-order valence-electron chi connectivity index (χ1n) is 7.96. The Morgan fingerprint density at radius 1 is 1.27 bits per heavy atom. The molecule has 0 aliphatic carbocycles. The number of hydrogen-bond acceptors (Lipinski definition) is 4. The van der Waals surface area contributed by atoms with E-state index in [1.165, 1.54) is 0 Å². The molecule has 0 bridgehead atoms. The van der Waals surface area contributed by atoms with Gasteiger partial charge in [0.2, 0.25) is 0 Å². The van der Waals surface area contributed by atoms with Crippen LogP contribution in [0.4, 0.5) is 0 Å². The maximum atomic E-state index is 10.1. The van der Waals surface area contributed by atoms with E-state index in [0.717, 1.165) is 31.5 Å². The molecule has 1 aromatic rings. The normalized spacial score (nSPS) is 20.0. The molecular formula is C17H26ClNO3. The van der Waals surface area contributed by atoms with Crippen LogP contribution < -0.4 is 0 Å². The van der Waals surface area contributed by atoms with Gasteiger partial charge in [0.15, 0.2) is 0 Å². The number of benzene rings is 1. The van der Waals surface area contributed by atoms with Crippen LogP contribution in [0.2, 0.25) is 5.02 Å². The number of aliphatic hydroxyl groups is 2. The topological polar surface area (TPSA) is 52.9 Å². The molecule has 1 heterocycles. The molecule has 1 aliphatic rings. The lowest BCUT2D eigenvalue weighted by molar-refractivity contribution is -0.00168. The molecule has 22 heavy (non-hydrogen) atoms. The molecule has 1 saturated heterocycles. The Morgan fingerprint density at radius 2 is 1.95 bits per heavy atom. The maximum Gasteiger partial charge on any atom is 0.0900 e. The van der Waals surface area contributed by atoms with Crippen molar-refractivity contribution in [2.75, 3.05) is 26.2 Å². The largest absolute Gasteiger partial charge is 0.393 e. The van der Waals surface area contributed by atoms with Gasteiger partial charge in [0.1, 0.15) is 0 Å². The van der Waals surface area contributed by atoms with E-state index in [9.17, 15) is 10.2 Å². The van der Waals surface area contributed by atoms with Crippen molar-refractivity contribution < 1.29 is 14.9 Å². The molecule has 0 aromatic heterocycles. The number of β-amino-alcohol motifs (C(OH)–C–C–N with tert-alkyl or cyclic N) is 1. The van der Waals surface area contributed by atoms with Gasteiger partial charge in [0, 0.05) is 11.6 Å². The van der Waals surface area contributed by atoms with Gasteiger partial charge < -0.3 is 19.8 Å². The molecule has 1 aromatic carbocycles. The molecule has 0 saturated carbocycles. The van der Waals surface area contributed by atoms with Crippen LogP contribution in [-0.4, -0.2) is 53.6 Å². The molecule has 2 unspecified atom stereocenters. The summed E-state index contributed by atoms with van der Waals surface area (Å²) in [7, 11) is 0. The molecule has 1 aliphatic heterocycles. The Balaban J connectivity index is 1.64. The van der Waals surface area contributed by atoms with Crippen LogP contribution in [0.3, 0.4) is 0 Å². The van der Waals surface area contributed by atoms with Gasteiger partial charge in [0.05, 0.1) is 25.4 Å². The predicted molar refractivity (Wildman–Crippen MR) is 88.0 cm³/mol. The van der Waals surface area contributed by atoms with Crippen molar-refractivity contribution >= 4 is 11.6 Å². The van der Waals surface area contributed by atoms with Crippen molar-refractivity contribution in [2.45, 2.75) is 38.6 Å². The monoisotopic (exact) mass is 327 g/mol. The number of nitrogens with zero attached hydrogens (tertiary/aromatic N) is 1. The number of aliphatic hydroxyl groups excluding tert-OH is 2. The fraction of sp³-hybridized carbons (Fsp3) is 0.647. The third kappa shape index (κ3) is 5.52. The van der Waals surface area contributed by atoms with Crippen molar-refractivity contribution in [3.8, 4) is 0 Å². The summed E-state index contributed by atoms with van der Waals surface area (Å²) in [5.41, 5.74) is 0.939. The number of hydrogen-bond donors (Lipinski definition) is 2. The summed E-state index contributed by atoms with van der Waals surface area (Å²) in [5, 5.41) is 20.4. The summed E-state index contributed by atoms with van der Waals surface area (Å²) < 4.78 is 5.56. The van der Waals surface area contributed by atoms with E-state index in [0.29, 0.717) is 30.7 Å². The molecule has 4 nitrogen and oxygen atoms in total. The van der Waals surface area contributed by atoms with Crippen molar-refractivity contribution in [1.29, 1.82) is 0 Å². The second-order valence-corrected chi connectivity index (χ2v) is 6.55. The summed E-state index contributed by atoms with van der Waals surface area (Å²) in [6, 6.07) is 7.57. The zero-order valence-electron chi connectivity index (χ0n) is 13.1. The van der Waals surface area contributed by atoms with Gasteiger partial charge in [0.25, 0.3) is 0 Å². The molecular weight excluding hydrogens is 302 g/mol. The van der Waals surface area contributed by atoms with Gasteiger partial charge in [-0.15, -0.1) is 0 Å². The zero-order chi connectivity index (χ0) is 15.9. The van der Waals surface area contributed by atoms with Crippen LogP contribution in [0, 0.1) is 5.92 Å². The second kappa shape index (κ2) is 8.85. The smallest absolute Gasteiger partial charge is 0.0900 e. The highest BCUT2D eigenvalue weighted by molar-refractivity contribution is 6.31. The fourth-order valence-corrected chi connectivity index (χ4v) is 3.08. The minimum absolute atomic E-state index is 0.231. The number of likely N-dealkylation sites (tertiary alicyclic amines) is 1. The highest BCUT2D eigenvalue weighted by atomic mass is 35.5. The Hall–Kier alpha value is -0.650. The number of halogens is 1. The van der Waals surface area contributed by atoms with E-state index in [1.54, 1.807) is 0 Å². The van der Waals surface area contributed by atoms with E-state index in [-0.39, 0.29) is 6.10 Å². The average Bonchev–Trinajstić information content (AvgIpc) is 2.50. The molecule has 5 heteroatoms. The molecule has 2 N–H and O–H groups in total. The third-order valence-electron chi connectivity index (χ3n) is 4.31. The SMILES string of the molecule is CC(O)C1CCN(CC(O)COCc2ccccc2Cl)CC1. The van der Waals surface area contributed by atoms with Crippen molar-refractivity contribution in [3.05, 3.63) is 34.9 Å². The molecule has 1 fully saturated rings. The fourth-order valence-electron chi connectivity index (χ4n) is 2.89. The van der Waals surface area contributed by atoms with Crippen LogP contribution in [0.25, 0.3) is 0 Å². The van der Waals surface area contributed by atoms with Crippen LogP contribution in [-0.2, 0) is 11.3 Å². The first-order valence-corrected chi connectivity index (χ1v) is 8.33. The number of rotatable bonds is 7. The second-order valence-electron chi connectivity index (χ2n) is 6.14. The van der Waals surface area contributed by atoms with Crippen LogP contribution >= 0.6 is 11.6 Å². The molecule has 2 rings (SSSR count). The van der Waals surface area contributed by atoms with Gasteiger partial charge in [-0.25, -0.2) is 0 Å². The third-order valence-corrected chi connectivity index (χ3v) is 4.68. The number of piperidine rings is 1. The average molecular weight is 328 g/mol. The van der Waals surface area contributed by atoms with Gasteiger partial charge in [-0.2, -0.15) is 0 Å². The summed E-state index contributed by atoms with van der Waals surface area (Å²) in [6.07, 6.45) is 1.26. The first-order chi connectivity index (χ1) is 10.6. The van der Waals surface area contributed by atoms with E-state index < -0.39 is 6.10 Å². The molecule has 2 atom stereocenters. The molecule has 0 radical (unpaired) electrons. The molecule has 0 spiro atoms. The summed E-state index contributed by atoms with van der Waals surface area (Å²) in [6.45, 7) is 5.06. The van der Waals surface area contributed by atoms with E-state index in [2.05, 4.69) is 4.90 Å². The van der Waals surface area contributed by atoms with Crippen LogP contribution in [0.15, 0.2) is 24.3 Å². The van der Waals surface area contributed by atoms with Gasteiger partial charge >= 0.3 is 0 Å². The van der Waals surface area contributed by atoms with Gasteiger partial charge in [-0.3, -0.25) is 0 Å². The minimum Gasteiger partial charge on any atom is -0.393 e. The highest BCUT2D eigenvalue weighted by Crippen LogP contribution is 2.20. The Labute approximate surface area is 137 Å². The zero-order valence-corrected chi connectivity index (χ0v) is 13.9. The van der Waals surface area contributed by atoms with E-state index >= 15 is 0 Å². The van der Waals surface area contributed by atoms with Crippen molar-refractivity contribution in [2.24, 2.45) is 5.92 Å². The number of ether oxygens (including phenoxy) is 1. The standard InChI is InChI=1S/C17H26ClNO3/c1-13(20)14-6-8-19(9-7-14)10-16(21)12-22-11-15-4-2-3-5-17(15)18/h2-5,13-14,16,20-21H,6-12H2,1H3. The molecule has 0 amide bonds. The summed E-state index contributed by atoms with van der Waals surface area (Å²) in [5.74, 6) is 0.393. The first kappa shape index (κ1) is 17.7. The van der Waals surface area contributed by atoms with Crippen molar-refractivity contribution in [1.82, 2.24) is 4.90 Å². The Morgan fingerprint density at radius 3 is 2.59 bits per heavy atom. The van der Waals surface area contributed by atoms with Crippen LogP contribution in [0.5, 0.6) is 0 Å². The minimum atomic E-state index is -0.495. The van der Waals surface area contributed by atoms with E-state index in [4.69, 9.17) is 16.3 Å². The van der Waals surface area contributed by atoms with Crippen LogP contribution in [0.1, 0.15) is 25.3 Å². The lowest BCUT2D eigenvalue weighted by Crippen LogP contribution is -2.42. The lowest BCUT2D eigenvalue weighted by atomic mass is 9.92. The maximum absolute atomic E-state index is 10.1. The summed E-state index contributed by atoms with van der Waals surface area (Å²) >= 11 is 6.06. The highest BCUT2D eigenvalue weighted by Gasteiger charge is 2.23. The van der Waals surface area contributed by atoms with Gasteiger partial charge in [-0.1, -0.05) is 29.8 Å². The predicted octanol–water partition coefficient (Wildman–Crippen LogP) is 2.31. The lowest BCUT2D eigenvalue weighted by Gasteiger charge is -2.34.